The number of amides is 2. The lowest BCUT2D eigenvalue weighted by atomic mass is 10.0. The van der Waals surface area contributed by atoms with Crippen molar-refractivity contribution in [3.63, 3.8) is 0 Å². The van der Waals surface area contributed by atoms with Gasteiger partial charge in [0.1, 0.15) is 0 Å². The SMILES string of the molecule is O=C1NCC(C2CC2)N1C1CCCNC1. The average molecular weight is 209 g/mol. The molecule has 0 aromatic rings. The van der Waals surface area contributed by atoms with E-state index in [0.29, 0.717) is 12.1 Å². The number of carbonyl (C=O) groups is 1. The molecule has 4 nitrogen and oxygen atoms in total. The van der Waals surface area contributed by atoms with Gasteiger partial charge in [0.2, 0.25) is 0 Å². The maximum atomic E-state index is 11.8. The van der Waals surface area contributed by atoms with Gasteiger partial charge in [0.25, 0.3) is 0 Å². The van der Waals surface area contributed by atoms with Crippen molar-refractivity contribution in [1.29, 1.82) is 0 Å². The largest absolute Gasteiger partial charge is 0.336 e. The van der Waals surface area contributed by atoms with Gasteiger partial charge in [-0.3, -0.25) is 0 Å². The van der Waals surface area contributed by atoms with Gasteiger partial charge >= 0.3 is 6.03 Å². The zero-order valence-corrected chi connectivity index (χ0v) is 9.04. The summed E-state index contributed by atoms with van der Waals surface area (Å²) >= 11 is 0. The Morgan fingerprint density at radius 1 is 1.20 bits per heavy atom. The second-order valence-electron chi connectivity index (χ2n) is 5.00. The Balaban J connectivity index is 1.72. The minimum absolute atomic E-state index is 0.167. The molecule has 3 rings (SSSR count). The van der Waals surface area contributed by atoms with Crippen LogP contribution in [0.3, 0.4) is 0 Å². The summed E-state index contributed by atoms with van der Waals surface area (Å²) in [6.45, 7) is 2.97. The summed E-state index contributed by atoms with van der Waals surface area (Å²) in [6, 6.07) is 1.09. The molecule has 0 aromatic heterocycles. The maximum Gasteiger partial charge on any atom is 0.318 e. The summed E-state index contributed by atoms with van der Waals surface area (Å²) in [7, 11) is 0. The highest BCUT2D eigenvalue weighted by molar-refractivity contribution is 5.77. The van der Waals surface area contributed by atoms with Crippen molar-refractivity contribution in [3.8, 4) is 0 Å². The molecule has 3 fully saturated rings. The van der Waals surface area contributed by atoms with Crippen molar-refractivity contribution >= 4 is 6.03 Å². The molecule has 1 aliphatic carbocycles. The standard InChI is InChI=1S/C11H19N3O/c15-11-13-7-10(8-3-4-8)14(11)9-2-1-5-12-6-9/h8-10,12H,1-7H2,(H,13,15). The number of rotatable bonds is 2. The van der Waals surface area contributed by atoms with Crippen LogP contribution in [0.1, 0.15) is 25.7 Å². The lowest BCUT2D eigenvalue weighted by molar-refractivity contribution is 0.151. The van der Waals surface area contributed by atoms with Gasteiger partial charge in [-0.15, -0.1) is 0 Å². The van der Waals surface area contributed by atoms with E-state index in [1.54, 1.807) is 0 Å². The van der Waals surface area contributed by atoms with E-state index in [9.17, 15) is 4.79 Å². The first kappa shape index (κ1) is 9.46. The fraction of sp³-hybridized carbons (Fsp3) is 0.909. The molecular weight excluding hydrogens is 190 g/mol. The number of carbonyl (C=O) groups excluding carboxylic acids is 1. The monoisotopic (exact) mass is 209 g/mol. The Kier molecular flexibility index (Phi) is 2.31. The van der Waals surface area contributed by atoms with Crippen LogP contribution in [0.2, 0.25) is 0 Å². The van der Waals surface area contributed by atoms with Gasteiger partial charge < -0.3 is 15.5 Å². The summed E-state index contributed by atoms with van der Waals surface area (Å²) in [5, 5.41) is 6.39. The Labute approximate surface area is 90.4 Å². The molecule has 2 saturated heterocycles. The van der Waals surface area contributed by atoms with E-state index in [2.05, 4.69) is 15.5 Å². The second kappa shape index (κ2) is 3.67. The molecule has 0 aromatic carbocycles. The lowest BCUT2D eigenvalue weighted by Crippen LogP contribution is -2.50. The first-order valence-electron chi connectivity index (χ1n) is 6.13. The fourth-order valence-electron chi connectivity index (χ4n) is 2.91. The Hall–Kier alpha value is -0.770. The van der Waals surface area contributed by atoms with Crippen LogP contribution in [0, 0.1) is 5.92 Å². The van der Waals surface area contributed by atoms with Crippen LogP contribution >= 0.6 is 0 Å². The van der Waals surface area contributed by atoms with Gasteiger partial charge in [-0.05, 0) is 38.1 Å². The van der Waals surface area contributed by atoms with Crippen molar-refractivity contribution in [3.05, 3.63) is 0 Å². The highest BCUT2D eigenvalue weighted by Crippen LogP contribution is 2.38. The molecule has 4 heteroatoms. The number of nitrogens with one attached hydrogen (secondary N) is 2. The van der Waals surface area contributed by atoms with Crippen LogP contribution in [-0.2, 0) is 0 Å². The van der Waals surface area contributed by atoms with E-state index in [1.165, 1.54) is 25.7 Å². The molecule has 2 amide bonds. The quantitative estimate of drug-likeness (QED) is 0.697. The second-order valence-corrected chi connectivity index (χ2v) is 5.00. The van der Waals surface area contributed by atoms with Crippen LogP contribution in [0.25, 0.3) is 0 Å². The molecule has 15 heavy (non-hydrogen) atoms. The zero-order valence-electron chi connectivity index (χ0n) is 9.04. The molecular formula is C11H19N3O. The molecule has 0 spiro atoms. The van der Waals surface area contributed by atoms with E-state index in [4.69, 9.17) is 0 Å². The van der Waals surface area contributed by atoms with E-state index >= 15 is 0 Å². The number of hydrogen-bond acceptors (Lipinski definition) is 2. The molecule has 1 saturated carbocycles. The smallest absolute Gasteiger partial charge is 0.318 e. The highest BCUT2D eigenvalue weighted by Gasteiger charge is 2.44. The van der Waals surface area contributed by atoms with Crippen LogP contribution in [0.5, 0.6) is 0 Å². The van der Waals surface area contributed by atoms with E-state index in [-0.39, 0.29) is 6.03 Å². The Morgan fingerprint density at radius 3 is 2.73 bits per heavy atom. The maximum absolute atomic E-state index is 11.8. The van der Waals surface area contributed by atoms with Crippen molar-refractivity contribution in [1.82, 2.24) is 15.5 Å². The molecule has 2 unspecified atom stereocenters. The van der Waals surface area contributed by atoms with Gasteiger partial charge in [-0.1, -0.05) is 0 Å². The Morgan fingerprint density at radius 2 is 2.07 bits per heavy atom. The molecule has 0 radical (unpaired) electrons. The minimum Gasteiger partial charge on any atom is -0.336 e. The summed E-state index contributed by atoms with van der Waals surface area (Å²) in [4.78, 5) is 13.9. The summed E-state index contributed by atoms with van der Waals surface area (Å²) in [5.41, 5.74) is 0. The minimum atomic E-state index is 0.167. The predicted octanol–water partition coefficient (Wildman–Crippen LogP) is 0.542. The normalized spacial score (nSPS) is 36.8. The average Bonchev–Trinajstić information content (AvgIpc) is 3.04. The van der Waals surface area contributed by atoms with Crippen molar-refractivity contribution in [2.75, 3.05) is 19.6 Å². The summed E-state index contributed by atoms with van der Waals surface area (Å²) in [6.07, 6.45) is 5.00. The third-order valence-corrected chi connectivity index (χ3v) is 3.88. The van der Waals surface area contributed by atoms with Crippen LogP contribution in [0.4, 0.5) is 4.79 Å². The van der Waals surface area contributed by atoms with Crippen molar-refractivity contribution in [2.24, 2.45) is 5.92 Å². The topological polar surface area (TPSA) is 44.4 Å². The van der Waals surface area contributed by atoms with Gasteiger partial charge in [-0.2, -0.15) is 0 Å². The fourth-order valence-corrected chi connectivity index (χ4v) is 2.91. The summed E-state index contributed by atoms with van der Waals surface area (Å²) < 4.78 is 0. The number of hydrogen-bond donors (Lipinski definition) is 2. The highest BCUT2D eigenvalue weighted by atomic mass is 16.2. The molecule has 84 valence electrons. The van der Waals surface area contributed by atoms with Crippen molar-refractivity contribution < 1.29 is 4.79 Å². The molecule has 2 aliphatic heterocycles. The first-order valence-corrected chi connectivity index (χ1v) is 6.13. The molecule has 3 aliphatic rings. The lowest BCUT2D eigenvalue weighted by Gasteiger charge is -2.34. The van der Waals surface area contributed by atoms with Gasteiger partial charge in [-0.25, -0.2) is 4.79 Å². The number of urea groups is 1. The van der Waals surface area contributed by atoms with Gasteiger partial charge in [0.15, 0.2) is 0 Å². The molecule has 2 N–H and O–H groups in total. The third kappa shape index (κ3) is 1.71. The van der Waals surface area contributed by atoms with E-state index < -0.39 is 0 Å². The van der Waals surface area contributed by atoms with Gasteiger partial charge in [0, 0.05) is 19.1 Å². The first-order chi connectivity index (χ1) is 7.36. The third-order valence-electron chi connectivity index (χ3n) is 3.88. The Bertz CT molecular complexity index is 259. The van der Waals surface area contributed by atoms with Crippen LogP contribution in [0.15, 0.2) is 0 Å². The summed E-state index contributed by atoms with van der Waals surface area (Å²) in [5.74, 6) is 0.783. The van der Waals surface area contributed by atoms with Crippen molar-refractivity contribution in [2.45, 2.75) is 37.8 Å². The van der Waals surface area contributed by atoms with Gasteiger partial charge in [0.05, 0.1) is 6.04 Å². The van der Waals surface area contributed by atoms with E-state index in [1.807, 2.05) is 0 Å². The van der Waals surface area contributed by atoms with E-state index in [0.717, 1.165) is 25.6 Å². The van der Waals surface area contributed by atoms with Crippen LogP contribution < -0.4 is 10.6 Å². The zero-order chi connectivity index (χ0) is 10.3. The predicted molar refractivity (Wildman–Crippen MR) is 57.6 cm³/mol. The number of nitrogens with zero attached hydrogens (tertiary/aromatic N) is 1. The molecule has 2 heterocycles. The molecule has 2 atom stereocenters. The van der Waals surface area contributed by atoms with Crippen LogP contribution in [-0.4, -0.2) is 42.6 Å². The number of piperidine rings is 1. The molecule has 0 bridgehead atoms.